The fraction of sp³-hybridized carbons (Fsp3) is 0.909. The van der Waals surface area contributed by atoms with Gasteiger partial charge in [0.25, 0.3) is 0 Å². The largest absolute Gasteiger partial charge is 0.449 e. The van der Waals surface area contributed by atoms with E-state index in [0.29, 0.717) is 18.6 Å². The van der Waals surface area contributed by atoms with Crippen LogP contribution in [0.1, 0.15) is 27.2 Å². The van der Waals surface area contributed by atoms with Crippen molar-refractivity contribution in [2.45, 2.75) is 33.2 Å². The average molecular weight is 214 g/mol. The smallest absolute Gasteiger partial charge is 0.409 e. The Morgan fingerprint density at radius 3 is 3.00 bits per heavy atom. The van der Waals surface area contributed by atoms with Crippen molar-refractivity contribution in [1.82, 2.24) is 10.2 Å². The van der Waals surface area contributed by atoms with Gasteiger partial charge in [0.05, 0.1) is 6.61 Å². The van der Waals surface area contributed by atoms with E-state index in [2.05, 4.69) is 12.2 Å². The van der Waals surface area contributed by atoms with Gasteiger partial charge in [0, 0.05) is 19.1 Å². The highest BCUT2D eigenvalue weighted by molar-refractivity contribution is 5.67. The lowest BCUT2D eigenvalue weighted by Gasteiger charge is -2.22. The number of amides is 1. The summed E-state index contributed by atoms with van der Waals surface area (Å²) >= 11 is 0. The van der Waals surface area contributed by atoms with Crippen LogP contribution in [0.2, 0.25) is 0 Å². The summed E-state index contributed by atoms with van der Waals surface area (Å²) < 4.78 is 5.21. The van der Waals surface area contributed by atoms with Crippen LogP contribution in [-0.4, -0.2) is 43.3 Å². The molecule has 0 saturated carbocycles. The first-order valence-corrected chi connectivity index (χ1v) is 5.74. The van der Waals surface area contributed by atoms with Crippen molar-refractivity contribution in [3.05, 3.63) is 0 Å². The first kappa shape index (κ1) is 12.3. The molecule has 0 spiro atoms. The number of nitrogens with zero attached hydrogens (tertiary/aromatic N) is 1. The van der Waals surface area contributed by atoms with Crippen molar-refractivity contribution < 1.29 is 9.53 Å². The second kappa shape index (κ2) is 5.95. The molecule has 0 aromatic carbocycles. The van der Waals surface area contributed by atoms with Gasteiger partial charge in [-0.2, -0.15) is 0 Å². The average Bonchev–Trinajstić information content (AvgIpc) is 2.39. The summed E-state index contributed by atoms with van der Waals surface area (Å²) in [6.07, 6.45) is 0.834. The lowest BCUT2D eigenvalue weighted by atomic mass is 10.2. The second-order valence-electron chi connectivity index (χ2n) is 4.63. The predicted molar refractivity (Wildman–Crippen MR) is 59.8 cm³/mol. The molecule has 1 amide bonds. The minimum Gasteiger partial charge on any atom is -0.449 e. The van der Waals surface area contributed by atoms with Crippen LogP contribution in [0.25, 0.3) is 0 Å². The van der Waals surface area contributed by atoms with E-state index < -0.39 is 0 Å². The number of nitrogens with one attached hydrogen (secondary N) is 1. The van der Waals surface area contributed by atoms with Crippen LogP contribution in [0.5, 0.6) is 0 Å². The minimum absolute atomic E-state index is 0.167. The van der Waals surface area contributed by atoms with Crippen LogP contribution in [0.3, 0.4) is 0 Å². The van der Waals surface area contributed by atoms with Gasteiger partial charge in [-0.1, -0.05) is 13.8 Å². The molecule has 1 unspecified atom stereocenters. The molecule has 4 nitrogen and oxygen atoms in total. The molecule has 0 aliphatic carbocycles. The number of hydrogen-bond acceptors (Lipinski definition) is 3. The van der Waals surface area contributed by atoms with E-state index in [1.54, 1.807) is 4.90 Å². The zero-order valence-electron chi connectivity index (χ0n) is 9.95. The third kappa shape index (κ3) is 4.51. The molecule has 1 atom stereocenters. The van der Waals surface area contributed by atoms with E-state index in [1.807, 2.05) is 13.8 Å². The summed E-state index contributed by atoms with van der Waals surface area (Å²) in [5, 5.41) is 3.34. The van der Waals surface area contributed by atoms with Gasteiger partial charge in [-0.25, -0.2) is 4.79 Å². The van der Waals surface area contributed by atoms with E-state index in [-0.39, 0.29) is 6.09 Å². The maximum absolute atomic E-state index is 11.7. The summed E-state index contributed by atoms with van der Waals surface area (Å²) in [7, 11) is 0. The van der Waals surface area contributed by atoms with Gasteiger partial charge in [-0.05, 0) is 25.8 Å². The van der Waals surface area contributed by atoms with Gasteiger partial charge in [-0.15, -0.1) is 0 Å². The van der Waals surface area contributed by atoms with E-state index in [9.17, 15) is 4.79 Å². The number of ether oxygens (including phenoxy) is 1. The first-order valence-electron chi connectivity index (χ1n) is 5.74. The van der Waals surface area contributed by atoms with Gasteiger partial charge in [-0.3, -0.25) is 0 Å². The van der Waals surface area contributed by atoms with Crippen LogP contribution in [-0.2, 0) is 4.74 Å². The highest BCUT2D eigenvalue weighted by Gasteiger charge is 2.20. The summed E-state index contributed by atoms with van der Waals surface area (Å²) in [4.78, 5) is 13.5. The molecule has 1 saturated heterocycles. The number of carbonyl (C=O) groups excluding carboxylic acids is 1. The lowest BCUT2D eigenvalue weighted by Crippen LogP contribution is -2.39. The fourth-order valence-corrected chi connectivity index (χ4v) is 1.60. The molecule has 0 aromatic heterocycles. The Kier molecular flexibility index (Phi) is 4.88. The molecule has 0 bridgehead atoms. The van der Waals surface area contributed by atoms with Crippen molar-refractivity contribution in [2.75, 3.05) is 26.2 Å². The van der Waals surface area contributed by atoms with Crippen molar-refractivity contribution in [1.29, 1.82) is 0 Å². The van der Waals surface area contributed by atoms with Gasteiger partial charge in [0.1, 0.15) is 0 Å². The Morgan fingerprint density at radius 1 is 1.60 bits per heavy atom. The summed E-state index contributed by atoms with van der Waals surface area (Å²) in [6, 6.07) is 0.360. The molecule has 1 rings (SSSR count). The Balaban J connectivity index is 2.36. The molecular weight excluding hydrogens is 192 g/mol. The molecule has 88 valence electrons. The molecule has 1 aliphatic rings. The zero-order valence-corrected chi connectivity index (χ0v) is 9.95. The first-order chi connectivity index (χ1) is 7.09. The van der Waals surface area contributed by atoms with E-state index in [1.165, 1.54) is 0 Å². The Bertz CT molecular complexity index is 207. The molecule has 4 heteroatoms. The highest BCUT2D eigenvalue weighted by Crippen LogP contribution is 2.04. The third-order valence-corrected chi connectivity index (χ3v) is 2.39. The SMILES string of the molecule is CC(C)COC(=O)N1CCCNC(C)C1. The minimum atomic E-state index is -0.167. The molecule has 0 aromatic rings. The summed E-state index contributed by atoms with van der Waals surface area (Å²) in [6.45, 7) is 9.21. The standard InChI is InChI=1S/C11H22N2O2/c1-9(2)8-15-11(14)13-6-4-5-12-10(3)7-13/h9-10,12H,4-8H2,1-3H3. The topological polar surface area (TPSA) is 41.6 Å². The van der Waals surface area contributed by atoms with Crippen LogP contribution >= 0.6 is 0 Å². The maximum atomic E-state index is 11.7. The van der Waals surface area contributed by atoms with Gasteiger partial charge in [0.15, 0.2) is 0 Å². The number of carbonyl (C=O) groups is 1. The molecule has 1 N–H and O–H groups in total. The molecule has 1 aliphatic heterocycles. The second-order valence-corrected chi connectivity index (χ2v) is 4.63. The van der Waals surface area contributed by atoms with E-state index in [0.717, 1.165) is 26.1 Å². The highest BCUT2D eigenvalue weighted by atomic mass is 16.6. The third-order valence-electron chi connectivity index (χ3n) is 2.39. The summed E-state index contributed by atoms with van der Waals surface area (Å²) in [5.41, 5.74) is 0. The molecule has 15 heavy (non-hydrogen) atoms. The summed E-state index contributed by atoms with van der Waals surface area (Å²) in [5.74, 6) is 0.400. The van der Waals surface area contributed by atoms with Crippen LogP contribution < -0.4 is 5.32 Å². The van der Waals surface area contributed by atoms with Crippen molar-refractivity contribution >= 4 is 6.09 Å². The fourth-order valence-electron chi connectivity index (χ4n) is 1.60. The monoisotopic (exact) mass is 214 g/mol. The van der Waals surface area contributed by atoms with Gasteiger partial charge >= 0.3 is 6.09 Å². The van der Waals surface area contributed by atoms with Crippen molar-refractivity contribution in [2.24, 2.45) is 5.92 Å². The van der Waals surface area contributed by atoms with Gasteiger partial charge in [0.2, 0.25) is 0 Å². The molecule has 0 radical (unpaired) electrons. The predicted octanol–water partition coefficient (Wildman–Crippen LogP) is 1.46. The Hall–Kier alpha value is -0.770. The van der Waals surface area contributed by atoms with Crippen LogP contribution in [0, 0.1) is 5.92 Å². The lowest BCUT2D eigenvalue weighted by molar-refractivity contribution is 0.0919. The quantitative estimate of drug-likeness (QED) is 0.756. The number of hydrogen-bond donors (Lipinski definition) is 1. The van der Waals surface area contributed by atoms with Crippen molar-refractivity contribution in [3.63, 3.8) is 0 Å². The van der Waals surface area contributed by atoms with Crippen LogP contribution in [0.15, 0.2) is 0 Å². The van der Waals surface area contributed by atoms with Gasteiger partial charge < -0.3 is 15.0 Å². The zero-order chi connectivity index (χ0) is 11.3. The maximum Gasteiger partial charge on any atom is 0.409 e. The Morgan fingerprint density at radius 2 is 2.33 bits per heavy atom. The Labute approximate surface area is 92.0 Å². The molecular formula is C11H22N2O2. The molecule has 1 heterocycles. The number of rotatable bonds is 2. The van der Waals surface area contributed by atoms with E-state index in [4.69, 9.17) is 4.74 Å². The van der Waals surface area contributed by atoms with Crippen molar-refractivity contribution in [3.8, 4) is 0 Å². The normalized spacial score (nSPS) is 22.7. The van der Waals surface area contributed by atoms with Crippen LogP contribution in [0.4, 0.5) is 4.79 Å². The molecule has 1 fully saturated rings. The van der Waals surface area contributed by atoms with E-state index >= 15 is 0 Å².